The molecule has 2 aromatic rings. The molecule has 1 aliphatic heterocycles. The predicted molar refractivity (Wildman–Crippen MR) is 96.4 cm³/mol. The lowest BCUT2D eigenvalue weighted by Gasteiger charge is -2.26. The second-order valence-corrected chi connectivity index (χ2v) is 5.96. The molecule has 0 spiro atoms. The standard InChI is InChI=1S/C19H21N3O3/c1-3-25-19(24)16-12-21-17-14(10-9-13(2)22(17)18(16)23)11-20-15-7-5-4-6-8-15/h4-8,11-13,20H,3,9-10H2,1-2H3/b14-11-. The summed E-state index contributed by atoms with van der Waals surface area (Å²) in [6, 6.07) is 9.77. The Bertz CT molecular complexity index is 856. The van der Waals surface area contributed by atoms with Crippen molar-refractivity contribution in [1.29, 1.82) is 0 Å². The Labute approximate surface area is 146 Å². The van der Waals surface area contributed by atoms with Gasteiger partial charge in [-0.1, -0.05) is 18.2 Å². The molecule has 1 aromatic carbocycles. The normalized spacial score (nSPS) is 17.8. The molecule has 3 rings (SSSR count). The number of anilines is 1. The highest BCUT2D eigenvalue weighted by Gasteiger charge is 2.25. The van der Waals surface area contributed by atoms with Crippen LogP contribution in [-0.2, 0) is 4.74 Å². The molecular weight excluding hydrogens is 318 g/mol. The first-order valence-corrected chi connectivity index (χ1v) is 8.41. The second-order valence-electron chi connectivity index (χ2n) is 5.96. The van der Waals surface area contributed by atoms with Gasteiger partial charge in [0.15, 0.2) is 0 Å². The molecule has 25 heavy (non-hydrogen) atoms. The zero-order valence-electron chi connectivity index (χ0n) is 14.4. The van der Waals surface area contributed by atoms with Gasteiger partial charge in [0.2, 0.25) is 0 Å². The summed E-state index contributed by atoms with van der Waals surface area (Å²) in [7, 11) is 0. The fourth-order valence-corrected chi connectivity index (χ4v) is 2.91. The number of carbonyl (C=O) groups excluding carboxylic acids is 1. The van der Waals surface area contributed by atoms with E-state index in [-0.39, 0.29) is 23.8 Å². The molecule has 1 aliphatic rings. The monoisotopic (exact) mass is 339 g/mol. The van der Waals surface area contributed by atoms with Crippen LogP contribution < -0.4 is 10.9 Å². The van der Waals surface area contributed by atoms with Crippen LogP contribution in [0.4, 0.5) is 5.69 Å². The first-order valence-electron chi connectivity index (χ1n) is 8.41. The number of allylic oxidation sites excluding steroid dienone is 1. The highest BCUT2D eigenvalue weighted by Crippen LogP contribution is 2.29. The Balaban J connectivity index is 1.98. The molecule has 6 heteroatoms. The Morgan fingerprint density at radius 1 is 1.40 bits per heavy atom. The molecule has 1 N–H and O–H groups in total. The number of nitrogens with one attached hydrogen (secondary N) is 1. The van der Waals surface area contributed by atoms with Crippen LogP contribution in [0.1, 0.15) is 48.9 Å². The van der Waals surface area contributed by atoms with Crippen LogP contribution in [0, 0.1) is 0 Å². The van der Waals surface area contributed by atoms with Crippen molar-refractivity contribution in [3.8, 4) is 0 Å². The number of esters is 1. The van der Waals surface area contributed by atoms with E-state index < -0.39 is 5.97 Å². The molecule has 1 aromatic heterocycles. The first kappa shape index (κ1) is 17.0. The number of hydrogen-bond donors (Lipinski definition) is 1. The summed E-state index contributed by atoms with van der Waals surface area (Å²) in [6.07, 6.45) is 4.82. The molecule has 1 atom stereocenters. The van der Waals surface area contributed by atoms with E-state index in [1.54, 1.807) is 11.5 Å². The third-order valence-electron chi connectivity index (χ3n) is 4.23. The van der Waals surface area contributed by atoms with Gasteiger partial charge in [-0.15, -0.1) is 0 Å². The Hall–Kier alpha value is -2.89. The number of benzene rings is 1. The van der Waals surface area contributed by atoms with Gasteiger partial charge >= 0.3 is 5.97 Å². The zero-order valence-corrected chi connectivity index (χ0v) is 14.4. The lowest BCUT2D eigenvalue weighted by atomic mass is 10.0. The predicted octanol–water partition coefficient (Wildman–Crippen LogP) is 3.23. The van der Waals surface area contributed by atoms with E-state index in [1.807, 2.05) is 43.5 Å². The van der Waals surface area contributed by atoms with Crippen molar-refractivity contribution >= 4 is 17.2 Å². The smallest absolute Gasteiger partial charge is 0.345 e. The van der Waals surface area contributed by atoms with Gasteiger partial charge in [0.25, 0.3) is 5.56 Å². The maximum Gasteiger partial charge on any atom is 0.345 e. The van der Waals surface area contributed by atoms with Gasteiger partial charge in [-0.2, -0.15) is 0 Å². The fraction of sp³-hybridized carbons (Fsp3) is 0.316. The average Bonchev–Trinajstić information content (AvgIpc) is 2.62. The third kappa shape index (κ3) is 3.47. The number of rotatable bonds is 4. The molecule has 0 saturated carbocycles. The number of nitrogens with zero attached hydrogens (tertiary/aromatic N) is 2. The number of para-hydroxylation sites is 1. The highest BCUT2D eigenvalue weighted by molar-refractivity contribution is 5.88. The maximum absolute atomic E-state index is 12.7. The van der Waals surface area contributed by atoms with Gasteiger partial charge in [-0.25, -0.2) is 9.78 Å². The average molecular weight is 339 g/mol. The third-order valence-corrected chi connectivity index (χ3v) is 4.23. The number of aromatic nitrogens is 2. The molecule has 0 bridgehead atoms. The molecule has 1 unspecified atom stereocenters. The molecule has 0 saturated heterocycles. The SMILES string of the molecule is CCOC(=O)c1cnc2n(c1=O)C(C)CC/C2=C/Nc1ccccc1. The number of fused-ring (bicyclic) bond motifs is 1. The fourth-order valence-electron chi connectivity index (χ4n) is 2.91. The van der Waals surface area contributed by atoms with E-state index in [0.717, 1.165) is 24.1 Å². The van der Waals surface area contributed by atoms with Crippen molar-refractivity contribution in [2.45, 2.75) is 32.7 Å². The quantitative estimate of drug-likeness (QED) is 0.866. The van der Waals surface area contributed by atoms with E-state index in [9.17, 15) is 9.59 Å². The maximum atomic E-state index is 12.7. The van der Waals surface area contributed by atoms with Gasteiger partial charge in [0, 0.05) is 29.7 Å². The highest BCUT2D eigenvalue weighted by atomic mass is 16.5. The van der Waals surface area contributed by atoms with Crippen molar-refractivity contribution < 1.29 is 9.53 Å². The number of hydrogen-bond acceptors (Lipinski definition) is 5. The van der Waals surface area contributed by atoms with Crippen molar-refractivity contribution in [3.63, 3.8) is 0 Å². The Morgan fingerprint density at radius 3 is 2.88 bits per heavy atom. The summed E-state index contributed by atoms with van der Waals surface area (Å²) < 4.78 is 6.54. The number of ether oxygens (including phenoxy) is 1. The molecule has 6 nitrogen and oxygen atoms in total. The van der Waals surface area contributed by atoms with Crippen molar-refractivity contribution in [2.24, 2.45) is 0 Å². The summed E-state index contributed by atoms with van der Waals surface area (Å²) in [4.78, 5) is 29.1. The van der Waals surface area contributed by atoms with Gasteiger partial charge in [0.05, 0.1) is 6.61 Å². The van der Waals surface area contributed by atoms with Crippen LogP contribution in [0.2, 0.25) is 0 Å². The van der Waals surface area contributed by atoms with Crippen molar-refractivity contribution in [3.05, 3.63) is 64.5 Å². The van der Waals surface area contributed by atoms with E-state index in [2.05, 4.69) is 10.3 Å². The van der Waals surface area contributed by atoms with Gasteiger partial charge in [-0.05, 0) is 38.8 Å². The Morgan fingerprint density at radius 2 is 2.16 bits per heavy atom. The minimum Gasteiger partial charge on any atom is -0.462 e. The summed E-state index contributed by atoms with van der Waals surface area (Å²) in [6.45, 7) is 3.89. The summed E-state index contributed by atoms with van der Waals surface area (Å²) >= 11 is 0. The Kier molecular flexibility index (Phi) is 4.97. The van der Waals surface area contributed by atoms with Gasteiger partial charge < -0.3 is 10.1 Å². The van der Waals surface area contributed by atoms with Crippen LogP contribution in [0.25, 0.3) is 5.57 Å². The van der Waals surface area contributed by atoms with Gasteiger partial charge in [-0.3, -0.25) is 9.36 Å². The first-order chi connectivity index (χ1) is 12.1. The van der Waals surface area contributed by atoms with Gasteiger partial charge in [0.1, 0.15) is 11.4 Å². The lowest BCUT2D eigenvalue weighted by Crippen LogP contribution is -2.34. The minimum absolute atomic E-state index is 0.0155. The van der Waals surface area contributed by atoms with Crippen LogP contribution in [0.3, 0.4) is 0 Å². The molecule has 2 heterocycles. The van der Waals surface area contributed by atoms with Crippen molar-refractivity contribution in [2.75, 3.05) is 11.9 Å². The van der Waals surface area contributed by atoms with E-state index in [4.69, 9.17) is 4.74 Å². The van der Waals surface area contributed by atoms with Crippen LogP contribution in [0.15, 0.2) is 47.5 Å². The zero-order chi connectivity index (χ0) is 17.8. The summed E-state index contributed by atoms with van der Waals surface area (Å²) in [5.41, 5.74) is 1.54. The molecule has 0 amide bonds. The van der Waals surface area contributed by atoms with E-state index >= 15 is 0 Å². The largest absolute Gasteiger partial charge is 0.462 e. The molecule has 0 radical (unpaired) electrons. The van der Waals surface area contributed by atoms with Crippen LogP contribution in [-0.4, -0.2) is 22.1 Å². The number of carbonyl (C=O) groups is 1. The topological polar surface area (TPSA) is 73.2 Å². The minimum atomic E-state index is -0.624. The van der Waals surface area contributed by atoms with Crippen LogP contribution in [0.5, 0.6) is 0 Å². The van der Waals surface area contributed by atoms with Crippen molar-refractivity contribution in [1.82, 2.24) is 9.55 Å². The summed E-state index contributed by atoms with van der Waals surface area (Å²) in [5.74, 6) is -0.0266. The summed E-state index contributed by atoms with van der Waals surface area (Å²) in [5, 5.41) is 3.24. The molecule has 0 aliphatic carbocycles. The van der Waals surface area contributed by atoms with E-state index in [0.29, 0.717) is 5.82 Å². The second kappa shape index (κ2) is 7.34. The van der Waals surface area contributed by atoms with Crippen LogP contribution >= 0.6 is 0 Å². The molecular formula is C19H21N3O3. The molecule has 0 fully saturated rings. The molecule has 130 valence electrons. The lowest BCUT2D eigenvalue weighted by molar-refractivity contribution is 0.0522. The van der Waals surface area contributed by atoms with E-state index in [1.165, 1.54) is 6.20 Å².